The van der Waals surface area contributed by atoms with Crippen molar-refractivity contribution in [3.8, 4) is 11.5 Å². The van der Waals surface area contributed by atoms with Crippen LogP contribution >= 0.6 is 0 Å². The summed E-state index contributed by atoms with van der Waals surface area (Å²) in [5.41, 5.74) is 1.63. The number of methoxy groups -OCH3 is 3. The number of unbranched alkanes of at least 4 members (excludes halogenated alkanes) is 2. The number of hydrogen-bond donors (Lipinski definition) is 1. The summed E-state index contributed by atoms with van der Waals surface area (Å²) in [6, 6.07) is 14.7. The number of benzene rings is 2. The summed E-state index contributed by atoms with van der Waals surface area (Å²) in [7, 11) is 4.59. The second-order valence-electron chi connectivity index (χ2n) is 7.04. The normalized spacial score (nSPS) is 11.5. The highest BCUT2D eigenvalue weighted by atomic mass is 16.5. The van der Waals surface area contributed by atoms with Crippen molar-refractivity contribution in [1.82, 2.24) is 0 Å². The van der Waals surface area contributed by atoms with E-state index in [1.807, 2.05) is 24.3 Å². The van der Waals surface area contributed by atoms with Crippen molar-refractivity contribution >= 4 is 17.6 Å². The quantitative estimate of drug-likeness (QED) is 0.376. The molecule has 0 aliphatic heterocycles. The van der Waals surface area contributed by atoms with Gasteiger partial charge in [-0.1, -0.05) is 25.0 Å². The average Bonchev–Trinajstić information content (AvgIpc) is 2.81. The number of anilines is 1. The Kier molecular flexibility index (Phi) is 10.4. The molecule has 0 radical (unpaired) electrons. The summed E-state index contributed by atoms with van der Waals surface area (Å²) >= 11 is 0. The zero-order valence-electron chi connectivity index (χ0n) is 18.4. The van der Waals surface area contributed by atoms with Gasteiger partial charge in [-0.25, -0.2) is 0 Å². The molecule has 7 nitrogen and oxygen atoms in total. The molecule has 0 bridgehead atoms. The highest BCUT2D eigenvalue weighted by molar-refractivity contribution is 5.94. The van der Waals surface area contributed by atoms with Gasteiger partial charge in [-0.05, 0) is 54.8 Å². The van der Waals surface area contributed by atoms with Crippen LogP contribution in [0.2, 0.25) is 0 Å². The lowest BCUT2D eigenvalue weighted by Gasteiger charge is -2.18. The van der Waals surface area contributed by atoms with E-state index in [0.717, 1.165) is 36.3 Å². The first-order chi connectivity index (χ1) is 15.0. The van der Waals surface area contributed by atoms with Crippen LogP contribution in [-0.4, -0.2) is 39.3 Å². The van der Waals surface area contributed by atoms with Crippen LogP contribution in [0.1, 0.15) is 37.7 Å². The number of hydrogen-bond acceptors (Lipinski definition) is 6. The Morgan fingerprint density at radius 2 is 1.45 bits per heavy atom. The van der Waals surface area contributed by atoms with Crippen LogP contribution in [0.5, 0.6) is 11.5 Å². The third-order valence-corrected chi connectivity index (χ3v) is 4.84. The first kappa shape index (κ1) is 24.2. The molecule has 2 rings (SSSR count). The third kappa shape index (κ3) is 8.68. The van der Waals surface area contributed by atoms with E-state index in [-0.39, 0.29) is 11.9 Å². The Bertz CT molecular complexity index is 804. The van der Waals surface area contributed by atoms with E-state index < -0.39 is 6.10 Å². The van der Waals surface area contributed by atoms with Crippen LogP contribution in [0.25, 0.3) is 0 Å². The van der Waals surface area contributed by atoms with Gasteiger partial charge in [0.05, 0.1) is 27.9 Å². The van der Waals surface area contributed by atoms with Crippen LogP contribution in [-0.2, 0) is 25.7 Å². The van der Waals surface area contributed by atoms with Crippen LogP contribution in [0, 0.1) is 0 Å². The number of rotatable bonds is 13. The minimum atomic E-state index is -0.609. The van der Waals surface area contributed by atoms with Gasteiger partial charge < -0.3 is 24.3 Å². The van der Waals surface area contributed by atoms with Crippen molar-refractivity contribution in [2.45, 2.75) is 44.8 Å². The van der Waals surface area contributed by atoms with E-state index in [1.165, 1.54) is 7.11 Å². The number of amides is 1. The minimum absolute atomic E-state index is 0.202. The Balaban J connectivity index is 1.93. The molecule has 168 valence electrons. The van der Waals surface area contributed by atoms with Gasteiger partial charge in [-0.3, -0.25) is 9.59 Å². The number of nitrogens with one attached hydrogen (secondary N) is 1. The van der Waals surface area contributed by atoms with Gasteiger partial charge in [0.2, 0.25) is 0 Å². The number of esters is 1. The first-order valence-corrected chi connectivity index (χ1v) is 10.3. The van der Waals surface area contributed by atoms with Crippen molar-refractivity contribution in [3.05, 3.63) is 54.1 Å². The molecule has 0 spiro atoms. The molecule has 1 amide bonds. The van der Waals surface area contributed by atoms with Gasteiger partial charge in [0.15, 0.2) is 0 Å². The summed E-state index contributed by atoms with van der Waals surface area (Å²) in [4.78, 5) is 24.1. The van der Waals surface area contributed by atoms with Gasteiger partial charge in [-0.2, -0.15) is 0 Å². The maximum atomic E-state index is 12.8. The largest absolute Gasteiger partial charge is 0.497 e. The highest BCUT2D eigenvalue weighted by Crippen LogP contribution is 2.18. The fourth-order valence-electron chi connectivity index (χ4n) is 2.98. The second kappa shape index (κ2) is 13.3. The standard InChI is InChI=1S/C24H31NO6/c1-28-20-13-9-18(10-14-20)17-31-22(7-5-4-6-8-23(26)30-3)24(27)25-19-11-15-21(29-2)16-12-19/h9-16,22H,4-8,17H2,1-3H3,(H,25,27). The summed E-state index contributed by atoms with van der Waals surface area (Å²) < 4.78 is 20.9. The maximum absolute atomic E-state index is 12.8. The number of carbonyl (C=O) groups excluding carboxylic acids is 2. The lowest BCUT2D eigenvalue weighted by Crippen LogP contribution is -2.30. The van der Waals surface area contributed by atoms with Crippen LogP contribution in [0.15, 0.2) is 48.5 Å². The van der Waals surface area contributed by atoms with E-state index in [2.05, 4.69) is 10.1 Å². The zero-order chi connectivity index (χ0) is 22.5. The van der Waals surface area contributed by atoms with Crippen molar-refractivity contribution < 1.29 is 28.5 Å². The number of carbonyl (C=O) groups is 2. The van der Waals surface area contributed by atoms with E-state index in [1.54, 1.807) is 38.5 Å². The van der Waals surface area contributed by atoms with Crippen LogP contribution in [0.3, 0.4) is 0 Å². The molecule has 2 aromatic carbocycles. The fraction of sp³-hybridized carbons (Fsp3) is 0.417. The second-order valence-corrected chi connectivity index (χ2v) is 7.04. The first-order valence-electron chi connectivity index (χ1n) is 10.3. The molecular weight excluding hydrogens is 398 g/mol. The molecule has 0 aliphatic carbocycles. The van der Waals surface area contributed by atoms with Gasteiger partial charge in [0.25, 0.3) is 5.91 Å². The van der Waals surface area contributed by atoms with Crippen molar-refractivity contribution in [2.24, 2.45) is 0 Å². The summed E-state index contributed by atoms with van der Waals surface area (Å²) in [6.45, 7) is 0.312. The summed E-state index contributed by atoms with van der Waals surface area (Å²) in [6.07, 6.45) is 2.62. The Morgan fingerprint density at radius 3 is 2.03 bits per heavy atom. The number of ether oxygens (including phenoxy) is 4. The zero-order valence-corrected chi connectivity index (χ0v) is 18.4. The van der Waals surface area contributed by atoms with Crippen LogP contribution < -0.4 is 14.8 Å². The monoisotopic (exact) mass is 429 g/mol. The molecule has 1 unspecified atom stereocenters. The van der Waals surface area contributed by atoms with Crippen LogP contribution in [0.4, 0.5) is 5.69 Å². The van der Waals surface area contributed by atoms with E-state index >= 15 is 0 Å². The molecule has 0 aliphatic rings. The van der Waals surface area contributed by atoms with Gasteiger partial charge in [-0.15, -0.1) is 0 Å². The SMILES string of the molecule is COC(=O)CCCCCC(OCc1ccc(OC)cc1)C(=O)Nc1ccc(OC)cc1. The highest BCUT2D eigenvalue weighted by Gasteiger charge is 2.19. The molecule has 7 heteroatoms. The van der Waals surface area contributed by atoms with E-state index in [4.69, 9.17) is 14.2 Å². The predicted molar refractivity (Wildman–Crippen MR) is 118 cm³/mol. The molecule has 1 atom stereocenters. The predicted octanol–water partition coefficient (Wildman–Crippen LogP) is 4.35. The molecule has 1 N–H and O–H groups in total. The molecule has 0 heterocycles. The van der Waals surface area contributed by atoms with Gasteiger partial charge >= 0.3 is 5.97 Å². The van der Waals surface area contributed by atoms with E-state index in [0.29, 0.717) is 25.1 Å². The fourth-order valence-corrected chi connectivity index (χ4v) is 2.98. The maximum Gasteiger partial charge on any atom is 0.305 e. The summed E-state index contributed by atoms with van der Waals surface area (Å²) in [5.74, 6) is 1.07. The molecule has 0 aromatic heterocycles. The topological polar surface area (TPSA) is 83.1 Å². The van der Waals surface area contributed by atoms with Crippen molar-refractivity contribution in [2.75, 3.05) is 26.6 Å². The average molecular weight is 430 g/mol. The molecule has 0 saturated heterocycles. The lowest BCUT2D eigenvalue weighted by molar-refractivity contribution is -0.140. The van der Waals surface area contributed by atoms with Gasteiger partial charge in [0, 0.05) is 12.1 Å². The minimum Gasteiger partial charge on any atom is -0.497 e. The molecule has 31 heavy (non-hydrogen) atoms. The smallest absolute Gasteiger partial charge is 0.305 e. The van der Waals surface area contributed by atoms with E-state index in [9.17, 15) is 9.59 Å². The lowest BCUT2D eigenvalue weighted by atomic mass is 10.1. The van der Waals surface area contributed by atoms with Crippen molar-refractivity contribution in [1.29, 1.82) is 0 Å². The third-order valence-electron chi connectivity index (χ3n) is 4.84. The Hall–Kier alpha value is -3.06. The summed E-state index contributed by atoms with van der Waals surface area (Å²) in [5, 5.41) is 2.90. The molecule has 0 fully saturated rings. The Morgan fingerprint density at radius 1 is 0.839 bits per heavy atom. The molecule has 2 aromatic rings. The Labute approximate surface area is 183 Å². The molecule has 0 saturated carbocycles. The van der Waals surface area contributed by atoms with Crippen molar-refractivity contribution in [3.63, 3.8) is 0 Å². The molecular formula is C24H31NO6. The van der Waals surface area contributed by atoms with Gasteiger partial charge in [0.1, 0.15) is 17.6 Å².